The maximum atomic E-state index is 12.0. The van der Waals surface area contributed by atoms with Crippen molar-refractivity contribution >= 4 is 27.4 Å². The summed E-state index contributed by atoms with van der Waals surface area (Å²) in [5.41, 5.74) is 0. The average Bonchev–Trinajstić information content (AvgIpc) is 2.47. The van der Waals surface area contributed by atoms with Crippen LogP contribution < -0.4 is 4.90 Å². The highest BCUT2D eigenvalue weighted by molar-refractivity contribution is 7.89. The van der Waals surface area contributed by atoms with Crippen LogP contribution in [0.3, 0.4) is 0 Å². The van der Waals surface area contributed by atoms with Crippen LogP contribution in [0.15, 0.2) is 23.2 Å². The number of nitrogens with zero attached hydrogens (tertiary/aromatic N) is 3. The molecule has 1 aliphatic rings. The fraction of sp³-hybridized carbons (Fsp3) is 0.583. The second-order valence-electron chi connectivity index (χ2n) is 4.73. The van der Waals surface area contributed by atoms with E-state index in [4.69, 9.17) is 16.3 Å². The van der Waals surface area contributed by atoms with E-state index in [1.807, 2.05) is 4.90 Å². The van der Waals surface area contributed by atoms with Crippen molar-refractivity contribution in [2.24, 2.45) is 0 Å². The van der Waals surface area contributed by atoms with E-state index in [1.54, 1.807) is 12.1 Å². The van der Waals surface area contributed by atoms with Crippen molar-refractivity contribution in [3.8, 4) is 0 Å². The molecule has 0 N–H and O–H groups in total. The largest absolute Gasteiger partial charge is 0.373 e. The Hall–Kier alpha value is -0.890. The molecule has 0 spiro atoms. The van der Waals surface area contributed by atoms with Crippen LogP contribution in [0.1, 0.15) is 0 Å². The number of pyridine rings is 1. The second-order valence-corrected chi connectivity index (χ2v) is 7.19. The molecular weight excluding hydrogens is 302 g/mol. The first-order chi connectivity index (χ1) is 9.45. The molecule has 0 aliphatic carbocycles. The van der Waals surface area contributed by atoms with Gasteiger partial charge >= 0.3 is 0 Å². The van der Waals surface area contributed by atoms with Gasteiger partial charge in [0.05, 0.1) is 18.6 Å². The summed E-state index contributed by atoms with van der Waals surface area (Å²) < 4.78 is 30.6. The summed E-state index contributed by atoms with van der Waals surface area (Å²) in [4.78, 5) is 6.47. The summed E-state index contributed by atoms with van der Waals surface area (Å²) in [7, 11) is -0.441. The molecule has 0 radical (unpaired) electrons. The molecule has 0 aromatic carbocycles. The van der Waals surface area contributed by atoms with Gasteiger partial charge in [-0.15, -0.1) is 11.6 Å². The van der Waals surface area contributed by atoms with Gasteiger partial charge in [0.2, 0.25) is 10.0 Å². The van der Waals surface area contributed by atoms with E-state index in [2.05, 4.69) is 4.98 Å². The highest BCUT2D eigenvalue weighted by atomic mass is 35.5. The molecular formula is C12H18ClN3O3S. The van der Waals surface area contributed by atoms with Crippen LogP contribution in [0.25, 0.3) is 0 Å². The third-order valence-corrected chi connectivity index (χ3v) is 5.28. The molecule has 112 valence electrons. The van der Waals surface area contributed by atoms with E-state index in [1.165, 1.54) is 24.6 Å². The van der Waals surface area contributed by atoms with E-state index >= 15 is 0 Å². The zero-order valence-electron chi connectivity index (χ0n) is 11.5. The molecule has 0 amide bonds. The fourth-order valence-corrected chi connectivity index (χ4v) is 2.98. The fourth-order valence-electron chi connectivity index (χ4n) is 1.94. The standard InChI is InChI=1S/C12H18ClN3O3S/c1-15(2)20(17,18)11-3-4-12(14-8-11)16-5-6-19-10(7-13)9-16/h3-4,8,10H,5-7,9H2,1-2H3. The van der Waals surface area contributed by atoms with Crippen molar-refractivity contribution in [1.29, 1.82) is 0 Å². The first-order valence-electron chi connectivity index (χ1n) is 6.26. The summed E-state index contributed by atoms with van der Waals surface area (Å²) in [6, 6.07) is 3.29. The molecule has 2 rings (SSSR count). The van der Waals surface area contributed by atoms with Crippen molar-refractivity contribution in [1.82, 2.24) is 9.29 Å². The predicted molar refractivity (Wildman–Crippen MR) is 77.8 cm³/mol. The number of hydrogen-bond donors (Lipinski definition) is 0. The molecule has 8 heteroatoms. The van der Waals surface area contributed by atoms with E-state index < -0.39 is 10.0 Å². The molecule has 20 heavy (non-hydrogen) atoms. The Morgan fingerprint density at radius 2 is 2.25 bits per heavy atom. The second kappa shape index (κ2) is 6.26. The van der Waals surface area contributed by atoms with E-state index in [9.17, 15) is 8.42 Å². The van der Waals surface area contributed by atoms with Gasteiger partial charge in [-0.3, -0.25) is 0 Å². The van der Waals surface area contributed by atoms with Crippen LogP contribution in [-0.2, 0) is 14.8 Å². The van der Waals surface area contributed by atoms with Crippen molar-refractivity contribution in [3.05, 3.63) is 18.3 Å². The van der Waals surface area contributed by atoms with Crippen molar-refractivity contribution in [2.45, 2.75) is 11.0 Å². The topological polar surface area (TPSA) is 62.7 Å². The molecule has 1 aliphatic heterocycles. The Morgan fingerprint density at radius 1 is 1.50 bits per heavy atom. The summed E-state index contributed by atoms with van der Waals surface area (Å²) in [6.07, 6.45) is 1.37. The molecule has 1 saturated heterocycles. The normalized spacial score (nSPS) is 20.4. The lowest BCUT2D eigenvalue weighted by atomic mass is 10.3. The lowest BCUT2D eigenvalue weighted by molar-refractivity contribution is 0.0551. The monoisotopic (exact) mass is 319 g/mol. The number of aromatic nitrogens is 1. The minimum absolute atomic E-state index is 0.0163. The smallest absolute Gasteiger partial charge is 0.244 e. The molecule has 1 aromatic heterocycles. The van der Waals surface area contributed by atoms with Crippen LogP contribution in [-0.4, -0.2) is 63.5 Å². The van der Waals surface area contributed by atoms with Gasteiger partial charge in [-0.2, -0.15) is 0 Å². The lowest BCUT2D eigenvalue weighted by Gasteiger charge is -2.32. The predicted octanol–water partition coefficient (Wildman–Crippen LogP) is 0.776. The highest BCUT2D eigenvalue weighted by Crippen LogP contribution is 2.19. The molecule has 0 bridgehead atoms. The number of sulfonamides is 1. The van der Waals surface area contributed by atoms with E-state index in [0.29, 0.717) is 19.0 Å². The minimum Gasteiger partial charge on any atom is -0.373 e. The Bertz CT molecular complexity index is 548. The summed E-state index contributed by atoms with van der Waals surface area (Å²) in [5, 5.41) is 0. The molecule has 0 saturated carbocycles. The Morgan fingerprint density at radius 3 is 2.80 bits per heavy atom. The molecule has 1 fully saturated rings. The number of ether oxygens (including phenoxy) is 1. The van der Waals surface area contributed by atoms with Gasteiger partial charge in [-0.1, -0.05) is 0 Å². The van der Waals surface area contributed by atoms with Crippen LogP contribution in [0, 0.1) is 0 Å². The van der Waals surface area contributed by atoms with Gasteiger partial charge in [0.1, 0.15) is 10.7 Å². The lowest BCUT2D eigenvalue weighted by Crippen LogP contribution is -2.43. The summed E-state index contributed by atoms with van der Waals surface area (Å²) >= 11 is 5.80. The first kappa shape index (κ1) is 15.5. The quantitative estimate of drug-likeness (QED) is 0.767. The van der Waals surface area contributed by atoms with Gasteiger partial charge in [0.15, 0.2) is 0 Å². The van der Waals surface area contributed by atoms with Gasteiger partial charge in [0, 0.05) is 33.4 Å². The van der Waals surface area contributed by atoms with Crippen molar-refractivity contribution in [2.75, 3.05) is 44.6 Å². The maximum absolute atomic E-state index is 12.0. The maximum Gasteiger partial charge on any atom is 0.244 e. The van der Waals surface area contributed by atoms with Crippen LogP contribution >= 0.6 is 11.6 Å². The van der Waals surface area contributed by atoms with Gasteiger partial charge in [-0.05, 0) is 12.1 Å². The Labute approximate surface area is 124 Å². The number of alkyl halides is 1. The summed E-state index contributed by atoms with van der Waals surface area (Å²) in [6.45, 7) is 1.98. The Balaban J connectivity index is 2.16. The molecule has 1 atom stereocenters. The van der Waals surface area contributed by atoms with Gasteiger partial charge in [-0.25, -0.2) is 17.7 Å². The number of rotatable bonds is 4. The Kier molecular flexibility index (Phi) is 4.85. The van der Waals surface area contributed by atoms with Crippen LogP contribution in [0.5, 0.6) is 0 Å². The molecule has 1 unspecified atom stereocenters. The zero-order chi connectivity index (χ0) is 14.8. The average molecular weight is 320 g/mol. The highest BCUT2D eigenvalue weighted by Gasteiger charge is 2.22. The van der Waals surface area contributed by atoms with Gasteiger partial charge in [0.25, 0.3) is 0 Å². The summed E-state index contributed by atoms with van der Waals surface area (Å²) in [5.74, 6) is 1.17. The van der Waals surface area contributed by atoms with Crippen molar-refractivity contribution < 1.29 is 13.2 Å². The number of hydrogen-bond acceptors (Lipinski definition) is 5. The van der Waals surface area contributed by atoms with Crippen molar-refractivity contribution in [3.63, 3.8) is 0 Å². The molecule has 2 heterocycles. The van der Waals surface area contributed by atoms with E-state index in [-0.39, 0.29) is 11.0 Å². The van der Waals surface area contributed by atoms with Crippen LogP contribution in [0.2, 0.25) is 0 Å². The third kappa shape index (κ3) is 3.22. The molecule has 6 nitrogen and oxygen atoms in total. The molecule has 1 aromatic rings. The number of halogens is 1. The van der Waals surface area contributed by atoms with Crippen LogP contribution in [0.4, 0.5) is 5.82 Å². The third-order valence-electron chi connectivity index (χ3n) is 3.13. The SMILES string of the molecule is CN(C)S(=O)(=O)c1ccc(N2CCOC(CCl)C2)nc1. The first-order valence-corrected chi connectivity index (χ1v) is 8.23. The number of anilines is 1. The minimum atomic E-state index is -3.43. The zero-order valence-corrected chi connectivity index (χ0v) is 13.1. The van der Waals surface area contributed by atoms with E-state index in [0.717, 1.165) is 12.4 Å². The number of morpholine rings is 1. The van der Waals surface area contributed by atoms with Gasteiger partial charge < -0.3 is 9.64 Å².